The lowest BCUT2D eigenvalue weighted by Gasteiger charge is -2.33. The van der Waals surface area contributed by atoms with E-state index < -0.39 is 23.3 Å². The number of aliphatic carboxylic acids is 1. The number of nitrogens with zero attached hydrogens (tertiary/aromatic N) is 1. The molecule has 2 rings (SSSR count). The van der Waals surface area contributed by atoms with E-state index in [1.165, 1.54) is 4.90 Å². The highest BCUT2D eigenvalue weighted by atomic mass is 35.5. The first-order chi connectivity index (χ1) is 15.0. The van der Waals surface area contributed by atoms with Crippen LogP contribution < -0.4 is 11.1 Å². The number of nitrogens with two attached hydrogens (primary N) is 1. The molecule has 0 bridgehead atoms. The fourth-order valence-corrected chi connectivity index (χ4v) is 3.35. The number of fused-ring (bicyclic) bond motifs is 1. The predicted octanol–water partition coefficient (Wildman–Crippen LogP) is 3.91. The number of carbonyl (C=O) groups excluding carboxylic acids is 2. The van der Waals surface area contributed by atoms with Crippen LogP contribution in [0.3, 0.4) is 0 Å². The zero-order valence-electron chi connectivity index (χ0n) is 18.9. The quantitative estimate of drug-likeness (QED) is 0.550. The minimum absolute atomic E-state index is 0.117. The van der Waals surface area contributed by atoms with Gasteiger partial charge in [0.25, 0.3) is 5.91 Å². The summed E-state index contributed by atoms with van der Waals surface area (Å²) in [7, 11) is 1.69. The van der Waals surface area contributed by atoms with Gasteiger partial charge in [-0.3, -0.25) is 4.79 Å². The molecule has 1 aromatic carbocycles. The molecule has 0 aliphatic carbocycles. The standard InChI is InChI=1S/C19H28ClN3O3.C2HF3O2/c1-18(2,3)26-17(25)23(4)11-9-19(8-5-10-21)15-12-13(20)6-7-14(15)16(24)22-19;3-2(4,5)1(6)7/h6-7,12H,5,8-11,21H2,1-4H3,(H,22,24);(H,6,7). The summed E-state index contributed by atoms with van der Waals surface area (Å²) in [5, 5.41) is 10.8. The van der Waals surface area contributed by atoms with Gasteiger partial charge < -0.3 is 25.8 Å². The fraction of sp³-hybridized carbons (Fsp3) is 0.571. The summed E-state index contributed by atoms with van der Waals surface area (Å²) in [5.74, 6) is -2.87. The highest BCUT2D eigenvalue weighted by Crippen LogP contribution is 2.39. The maximum absolute atomic E-state index is 12.4. The average Bonchev–Trinajstić information content (AvgIpc) is 2.94. The van der Waals surface area contributed by atoms with Crippen LogP contribution in [0.4, 0.5) is 18.0 Å². The molecule has 1 aromatic rings. The van der Waals surface area contributed by atoms with Gasteiger partial charge in [0.2, 0.25) is 0 Å². The number of ether oxygens (including phenoxy) is 1. The molecule has 33 heavy (non-hydrogen) atoms. The van der Waals surface area contributed by atoms with Gasteiger partial charge in [-0.1, -0.05) is 11.6 Å². The van der Waals surface area contributed by atoms with Gasteiger partial charge in [0.05, 0.1) is 5.54 Å². The lowest BCUT2D eigenvalue weighted by Crippen LogP contribution is -2.44. The summed E-state index contributed by atoms with van der Waals surface area (Å²) >= 11 is 6.17. The third kappa shape index (κ3) is 8.39. The van der Waals surface area contributed by atoms with Gasteiger partial charge in [0, 0.05) is 24.2 Å². The van der Waals surface area contributed by atoms with E-state index in [9.17, 15) is 22.8 Å². The Balaban J connectivity index is 0.000000675. The summed E-state index contributed by atoms with van der Waals surface area (Å²) < 4.78 is 37.1. The number of alkyl halides is 3. The molecule has 1 aliphatic rings. The van der Waals surface area contributed by atoms with Crippen LogP contribution in [0.25, 0.3) is 0 Å². The van der Waals surface area contributed by atoms with Crippen LogP contribution >= 0.6 is 11.6 Å². The Morgan fingerprint density at radius 1 is 1.24 bits per heavy atom. The number of carboxylic acid groups (broad SMARTS) is 1. The van der Waals surface area contributed by atoms with Crippen molar-refractivity contribution in [1.29, 1.82) is 0 Å². The Kier molecular flexibility index (Phi) is 9.55. The van der Waals surface area contributed by atoms with E-state index in [1.54, 1.807) is 19.2 Å². The van der Waals surface area contributed by atoms with Crippen molar-refractivity contribution in [3.63, 3.8) is 0 Å². The minimum Gasteiger partial charge on any atom is -0.475 e. The van der Waals surface area contributed by atoms with E-state index in [0.29, 0.717) is 36.5 Å². The number of carboxylic acids is 1. The van der Waals surface area contributed by atoms with E-state index in [0.717, 1.165) is 12.0 Å². The lowest BCUT2D eigenvalue weighted by molar-refractivity contribution is -0.192. The first-order valence-electron chi connectivity index (χ1n) is 10.1. The van der Waals surface area contributed by atoms with Crippen LogP contribution in [0.15, 0.2) is 18.2 Å². The number of halogens is 4. The van der Waals surface area contributed by atoms with Crippen molar-refractivity contribution in [3.05, 3.63) is 34.3 Å². The molecule has 186 valence electrons. The SMILES string of the molecule is CN(CCC1(CCCN)NC(=O)c2ccc(Cl)cc21)C(=O)OC(C)(C)C.O=C(O)C(F)(F)F. The van der Waals surface area contributed by atoms with E-state index >= 15 is 0 Å². The van der Waals surface area contributed by atoms with Crippen LogP contribution in [-0.4, -0.2) is 59.9 Å². The van der Waals surface area contributed by atoms with Crippen LogP contribution in [-0.2, 0) is 15.1 Å². The molecule has 0 saturated carbocycles. The van der Waals surface area contributed by atoms with Gasteiger partial charge in [-0.15, -0.1) is 0 Å². The highest BCUT2D eigenvalue weighted by Gasteiger charge is 2.42. The largest absolute Gasteiger partial charge is 0.490 e. The third-order valence-electron chi connectivity index (χ3n) is 4.72. The van der Waals surface area contributed by atoms with Crippen molar-refractivity contribution in [2.45, 2.75) is 57.3 Å². The number of benzene rings is 1. The molecule has 2 amide bonds. The fourth-order valence-electron chi connectivity index (χ4n) is 3.18. The molecular formula is C21H29ClF3N3O5. The average molecular weight is 496 g/mol. The van der Waals surface area contributed by atoms with Crippen molar-refractivity contribution < 1.29 is 37.4 Å². The van der Waals surface area contributed by atoms with Gasteiger partial charge in [0.1, 0.15) is 5.60 Å². The number of nitrogens with one attached hydrogen (secondary N) is 1. The zero-order valence-corrected chi connectivity index (χ0v) is 19.6. The Bertz CT molecular complexity index is 874. The first kappa shape index (κ1) is 28.5. The van der Waals surface area contributed by atoms with Crippen molar-refractivity contribution in [3.8, 4) is 0 Å². The highest BCUT2D eigenvalue weighted by molar-refractivity contribution is 6.30. The maximum atomic E-state index is 12.4. The normalized spacial score (nSPS) is 17.4. The summed E-state index contributed by atoms with van der Waals surface area (Å²) in [4.78, 5) is 35.1. The zero-order chi connectivity index (χ0) is 25.6. The maximum Gasteiger partial charge on any atom is 0.490 e. The summed E-state index contributed by atoms with van der Waals surface area (Å²) in [6, 6.07) is 5.29. The molecule has 1 heterocycles. The molecule has 0 radical (unpaired) electrons. The van der Waals surface area contributed by atoms with Gasteiger partial charge in [-0.2, -0.15) is 13.2 Å². The van der Waals surface area contributed by atoms with Crippen LogP contribution in [0, 0.1) is 0 Å². The number of hydrogen-bond acceptors (Lipinski definition) is 5. The van der Waals surface area contributed by atoms with Gasteiger partial charge in [-0.05, 0) is 70.3 Å². The van der Waals surface area contributed by atoms with Gasteiger partial charge in [0.15, 0.2) is 0 Å². The monoisotopic (exact) mass is 495 g/mol. The Morgan fingerprint density at radius 2 is 1.82 bits per heavy atom. The van der Waals surface area contributed by atoms with Crippen LogP contribution in [0.5, 0.6) is 0 Å². The van der Waals surface area contributed by atoms with Crippen molar-refractivity contribution in [2.75, 3.05) is 20.1 Å². The molecule has 12 heteroatoms. The molecule has 1 unspecified atom stereocenters. The minimum atomic E-state index is -5.08. The molecular weight excluding hydrogens is 467 g/mol. The number of amides is 2. The Labute approximate surface area is 195 Å². The second kappa shape index (κ2) is 11.1. The smallest absolute Gasteiger partial charge is 0.475 e. The number of carbonyl (C=O) groups is 3. The molecule has 0 spiro atoms. The second-order valence-electron chi connectivity index (χ2n) is 8.57. The second-order valence-corrected chi connectivity index (χ2v) is 9.01. The van der Waals surface area contributed by atoms with Crippen molar-refractivity contribution in [1.82, 2.24) is 10.2 Å². The molecule has 0 aromatic heterocycles. The van der Waals surface area contributed by atoms with E-state index in [4.69, 9.17) is 32.0 Å². The van der Waals surface area contributed by atoms with Crippen molar-refractivity contribution >= 4 is 29.6 Å². The number of rotatable bonds is 6. The van der Waals surface area contributed by atoms with Gasteiger partial charge in [-0.25, -0.2) is 9.59 Å². The molecule has 0 fully saturated rings. The molecule has 1 aliphatic heterocycles. The van der Waals surface area contributed by atoms with Crippen LogP contribution in [0.2, 0.25) is 5.02 Å². The Hall–Kier alpha value is -2.53. The molecule has 0 saturated heterocycles. The van der Waals surface area contributed by atoms with Gasteiger partial charge >= 0.3 is 18.2 Å². The summed E-state index contributed by atoms with van der Waals surface area (Å²) in [6.45, 7) is 6.45. The van der Waals surface area contributed by atoms with E-state index in [-0.39, 0.29) is 12.0 Å². The topological polar surface area (TPSA) is 122 Å². The first-order valence-corrected chi connectivity index (χ1v) is 10.5. The number of hydrogen-bond donors (Lipinski definition) is 3. The van der Waals surface area contributed by atoms with E-state index in [1.807, 2.05) is 26.8 Å². The predicted molar refractivity (Wildman–Crippen MR) is 116 cm³/mol. The lowest BCUT2D eigenvalue weighted by atomic mass is 9.83. The molecule has 8 nitrogen and oxygen atoms in total. The Morgan fingerprint density at radius 3 is 2.30 bits per heavy atom. The van der Waals surface area contributed by atoms with Crippen LogP contribution in [0.1, 0.15) is 56.0 Å². The van der Waals surface area contributed by atoms with Crippen molar-refractivity contribution in [2.24, 2.45) is 5.73 Å². The third-order valence-corrected chi connectivity index (χ3v) is 4.96. The summed E-state index contributed by atoms with van der Waals surface area (Å²) in [5.41, 5.74) is 6.08. The molecule has 1 atom stereocenters. The summed E-state index contributed by atoms with van der Waals surface area (Å²) in [6.07, 6.45) is -3.48. The molecule has 4 N–H and O–H groups in total. The van der Waals surface area contributed by atoms with E-state index in [2.05, 4.69) is 5.32 Å².